The van der Waals surface area contributed by atoms with Crippen LogP contribution in [-0.2, 0) is 9.59 Å². The van der Waals surface area contributed by atoms with Crippen LogP contribution in [0.25, 0.3) is 5.76 Å². The lowest BCUT2D eigenvalue weighted by molar-refractivity contribution is -0.132. The third-order valence-corrected chi connectivity index (χ3v) is 7.02. The van der Waals surface area contributed by atoms with Crippen molar-refractivity contribution in [3.05, 3.63) is 74.4 Å². The topological polar surface area (TPSA) is 85.3 Å². The van der Waals surface area contributed by atoms with Gasteiger partial charge in [0.1, 0.15) is 29.0 Å². The van der Waals surface area contributed by atoms with Crippen LogP contribution in [0, 0.1) is 6.92 Å². The number of aryl methyl sites for hydroxylation is 1. The van der Waals surface area contributed by atoms with Crippen molar-refractivity contribution in [1.82, 2.24) is 0 Å². The molecule has 1 unspecified atom stereocenters. The molecule has 1 amide bonds. The molecule has 1 fully saturated rings. The highest BCUT2D eigenvalue weighted by Crippen LogP contribution is 2.47. The molecule has 34 heavy (non-hydrogen) atoms. The zero-order valence-corrected chi connectivity index (χ0v) is 20.5. The number of anilines is 1. The van der Waals surface area contributed by atoms with E-state index in [1.165, 1.54) is 49.7 Å². The molecular weight excluding hydrogens is 478 g/mol. The molecule has 0 radical (unpaired) electrons. The van der Waals surface area contributed by atoms with Crippen molar-refractivity contribution in [2.45, 2.75) is 13.0 Å². The Morgan fingerprint density at radius 2 is 1.76 bits per heavy atom. The highest BCUT2D eigenvalue weighted by Gasteiger charge is 2.48. The van der Waals surface area contributed by atoms with Crippen LogP contribution in [0.4, 0.5) is 5.69 Å². The van der Waals surface area contributed by atoms with E-state index in [4.69, 9.17) is 25.8 Å². The number of rotatable bonds is 6. The largest absolute Gasteiger partial charge is 0.507 e. The fourth-order valence-corrected chi connectivity index (χ4v) is 5.22. The molecule has 2 aromatic carbocycles. The average Bonchev–Trinajstić information content (AvgIpc) is 3.38. The van der Waals surface area contributed by atoms with Crippen LogP contribution in [-0.4, -0.2) is 38.1 Å². The summed E-state index contributed by atoms with van der Waals surface area (Å²) in [7, 11) is 4.38. The molecule has 1 saturated heterocycles. The fourth-order valence-electron chi connectivity index (χ4n) is 3.96. The predicted molar refractivity (Wildman–Crippen MR) is 131 cm³/mol. The normalized spacial score (nSPS) is 17.2. The van der Waals surface area contributed by atoms with Gasteiger partial charge < -0.3 is 19.3 Å². The first-order valence-electron chi connectivity index (χ1n) is 10.2. The van der Waals surface area contributed by atoms with Crippen LogP contribution >= 0.6 is 22.9 Å². The number of methoxy groups -OCH3 is 3. The fraction of sp³-hybridized carbons (Fsp3) is 0.200. The van der Waals surface area contributed by atoms with Crippen LogP contribution in [0.15, 0.2) is 53.4 Å². The second-order valence-electron chi connectivity index (χ2n) is 7.53. The van der Waals surface area contributed by atoms with Crippen LogP contribution in [0.2, 0.25) is 5.02 Å². The summed E-state index contributed by atoms with van der Waals surface area (Å²) in [6, 6.07) is 10.9. The Balaban J connectivity index is 2.00. The number of thiophene rings is 1. The number of hydrogen-bond acceptors (Lipinski definition) is 7. The van der Waals surface area contributed by atoms with Crippen LogP contribution in [0.5, 0.6) is 17.2 Å². The highest BCUT2D eigenvalue weighted by atomic mass is 35.5. The molecule has 9 heteroatoms. The lowest BCUT2D eigenvalue weighted by Gasteiger charge is -2.25. The monoisotopic (exact) mass is 499 g/mol. The van der Waals surface area contributed by atoms with Crippen LogP contribution < -0.4 is 19.1 Å². The van der Waals surface area contributed by atoms with Gasteiger partial charge >= 0.3 is 0 Å². The number of carbonyl (C=O) groups is 2. The first-order chi connectivity index (χ1) is 16.3. The van der Waals surface area contributed by atoms with Gasteiger partial charge in [-0.3, -0.25) is 14.5 Å². The lowest BCUT2D eigenvalue weighted by atomic mass is 9.97. The second-order valence-corrected chi connectivity index (χ2v) is 8.88. The Kier molecular flexibility index (Phi) is 6.54. The summed E-state index contributed by atoms with van der Waals surface area (Å²) < 4.78 is 16.0. The molecule has 176 valence electrons. The van der Waals surface area contributed by atoms with E-state index in [0.29, 0.717) is 11.4 Å². The smallest absolute Gasteiger partial charge is 0.300 e. The van der Waals surface area contributed by atoms with Gasteiger partial charge in [-0.25, -0.2) is 0 Å². The van der Waals surface area contributed by atoms with Crippen molar-refractivity contribution >= 4 is 46.1 Å². The SMILES string of the molecule is COc1cccc(N2C(=O)C(=O)/C(=C(/O)c3cc(OC)c(Cl)cc3OC)C2c2sccc2C)c1. The molecule has 0 saturated carbocycles. The van der Waals surface area contributed by atoms with Gasteiger partial charge in [-0.1, -0.05) is 17.7 Å². The van der Waals surface area contributed by atoms with E-state index in [-0.39, 0.29) is 33.4 Å². The summed E-state index contributed by atoms with van der Waals surface area (Å²) in [5.74, 6) is -0.896. The third kappa shape index (κ3) is 3.89. The number of hydrogen-bond donors (Lipinski definition) is 1. The predicted octanol–water partition coefficient (Wildman–Crippen LogP) is 5.36. The van der Waals surface area contributed by atoms with Gasteiger partial charge in [-0.05, 0) is 42.1 Å². The summed E-state index contributed by atoms with van der Waals surface area (Å²) in [4.78, 5) is 28.8. The number of amides is 1. The maximum atomic E-state index is 13.4. The Hall–Kier alpha value is -3.49. The number of halogens is 1. The van der Waals surface area contributed by atoms with E-state index >= 15 is 0 Å². The summed E-state index contributed by atoms with van der Waals surface area (Å²) in [6.07, 6.45) is 0. The molecule has 1 atom stereocenters. The van der Waals surface area contributed by atoms with E-state index in [1.807, 2.05) is 18.4 Å². The van der Waals surface area contributed by atoms with E-state index in [0.717, 1.165) is 10.4 Å². The average molecular weight is 500 g/mol. The minimum atomic E-state index is -0.849. The summed E-state index contributed by atoms with van der Waals surface area (Å²) >= 11 is 7.61. The van der Waals surface area contributed by atoms with Gasteiger partial charge in [0.15, 0.2) is 0 Å². The van der Waals surface area contributed by atoms with Gasteiger partial charge in [0.25, 0.3) is 11.7 Å². The Morgan fingerprint density at radius 1 is 1.03 bits per heavy atom. The molecule has 2 heterocycles. The quantitative estimate of drug-likeness (QED) is 0.279. The molecule has 4 rings (SSSR count). The van der Waals surface area contributed by atoms with Crippen LogP contribution in [0.3, 0.4) is 0 Å². The van der Waals surface area contributed by atoms with Crippen molar-refractivity contribution in [2.75, 3.05) is 26.2 Å². The van der Waals surface area contributed by atoms with Crippen molar-refractivity contribution in [3.8, 4) is 17.2 Å². The number of ketones is 1. The number of aliphatic hydroxyl groups is 1. The zero-order chi connectivity index (χ0) is 24.6. The number of ether oxygens (including phenoxy) is 3. The van der Waals surface area contributed by atoms with Gasteiger partial charge in [-0.15, -0.1) is 11.3 Å². The van der Waals surface area contributed by atoms with E-state index in [2.05, 4.69) is 0 Å². The zero-order valence-electron chi connectivity index (χ0n) is 18.9. The van der Waals surface area contributed by atoms with Crippen molar-refractivity contribution < 1.29 is 28.9 Å². The first-order valence-corrected chi connectivity index (χ1v) is 11.5. The molecule has 7 nitrogen and oxygen atoms in total. The van der Waals surface area contributed by atoms with E-state index < -0.39 is 17.7 Å². The van der Waals surface area contributed by atoms with Crippen molar-refractivity contribution in [3.63, 3.8) is 0 Å². The molecule has 0 spiro atoms. The van der Waals surface area contributed by atoms with Gasteiger partial charge in [0.05, 0.1) is 37.5 Å². The molecule has 0 aliphatic carbocycles. The second kappa shape index (κ2) is 9.40. The number of carbonyl (C=O) groups excluding carboxylic acids is 2. The third-order valence-electron chi connectivity index (χ3n) is 5.66. The summed E-state index contributed by atoms with van der Waals surface area (Å²) in [5, 5.41) is 13.6. The van der Waals surface area contributed by atoms with Gasteiger partial charge in [-0.2, -0.15) is 0 Å². The summed E-state index contributed by atoms with van der Waals surface area (Å²) in [5.41, 5.74) is 1.49. The summed E-state index contributed by atoms with van der Waals surface area (Å²) in [6.45, 7) is 1.89. The molecule has 1 N–H and O–H groups in total. The van der Waals surface area contributed by atoms with Crippen LogP contribution in [0.1, 0.15) is 22.0 Å². The molecule has 3 aromatic rings. The van der Waals surface area contributed by atoms with E-state index in [1.54, 1.807) is 24.3 Å². The maximum Gasteiger partial charge on any atom is 0.300 e. The Bertz CT molecular complexity index is 1310. The van der Waals surface area contributed by atoms with E-state index in [9.17, 15) is 14.7 Å². The number of Topliss-reactive ketones (excluding diaryl/α,β-unsaturated/α-hetero) is 1. The number of benzene rings is 2. The maximum absolute atomic E-state index is 13.4. The minimum absolute atomic E-state index is 0.0546. The van der Waals surface area contributed by atoms with Crippen molar-refractivity contribution in [2.24, 2.45) is 0 Å². The molecule has 1 aromatic heterocycles. The molecular formula is C25H22ClNO6S. The number of aliphatic hydroxyl groups excluding tert-OH is 1. The van der Waals surface area contributed by atoms with Gasteiger partial charge in [0.2, 0.25) is 0 Å². The van der Waals surface area contributed by atoms with Gasteiger partial charge in [0, 0.05) is 22.7 Å². The number of nitrogens with zero attached hydrogens (tertiary/aromatic N) is 1. The standard InChI is InChI=1S/C25H22ClNO6S/c1-13-8-9-34-24(13)21-20(22(28)16-11-19(33-4)17(26)12-18(16)32-3)23(29)25(30)27(21)14-6-5-7-15(10-14)31-2/h5-12,21,28H,1-4H3/b22-20+. The molecule has 1 aliphatic rings. The first kappa shape index (κ1) is 23.7. The lowest BCUT2D eigenvalue weighted by Crippen LogP contribution is -2.29. The Morgan fingerprint density at radius 3 is 2.38 bits per heavy atom. The van der Waals surface area contributed by atoms with Crippen molar-refractivity contribution in [1.29, 1.82) is 0 Å². The minimum Gasteiger partial charge on any atom is -0.507 e. The molecule has 0 bridgehead atoms. The Labute approximate surface area is 205 Å². The molecule has 1 aliphatic heterocycles. The highest BCUT2D eigenvalue weighted by molar-refractivity contribution is 7.10.